The third-order valence-electron chi connectivity index (χ3n) is 3.65. The van der Waals surface area contributed by atoms with Crippen molar-refractivity contribution in [3.8, 4) is 0 Å². The summed E-state index contributed by atoms with van der Waals surface area (Å²) >= 11 is 1.73. The molecule has 4 heteroatoms. The van der Waals surface area contributed by atoms with E-state index in [1.165, 1.54) is 5.56 Å². The summed E-state index contributed by atoms with van der Waals surface area (Å²) in [6, 6.07) is 10.7. The highest BCUT2D eigenvalue weighted by Gasteiger charge is 2.23. The van der Waals surface area contributed by atoms with E-state index in [1.54, 1.807) is 11.3 Å². The van der Waals surface area contributed by atoms with Gasteiger partial charge in [0.1, 0.15) is 10.0 Å². The lowest BCUT2D eigenvalue weighted by Gasteiger charge is -2.20. The highest BCUT2D eigenvalue weighted by Crippen LogP contribution is 2.35. The van der Waals surface area contributed by atoms with Crippen molar-refractivity contribution in [1.29, 1.82) is 0 Å². The molecule has 0 aliphatic carbocycles. The lowest BCUT2D eigenvalue weighted by atomic mass is 9.86. The van der Waals surface area contributed by atoms with Crippen LogP contribution in [0.2, 0.25) is 0 Å². The molecular weight excluding hydrogens is 266 g/mol. The van der Waals surface area contributed by atoms with Crippen LogP contribution in [0.25, 0.3) is 0 Å². The third-order valence-corrected chi connectivity index (χ3v) is 4.65. The van der Waals surface area contributed by atoms with Crippen LogP contribution in [0.3, 0.4) is 0 Å². The highest BCUT2D eigenvalue weighted by molar-refractivity contribution is 7.11. The average molecular weight is 289 g/mol. The summed E-state index contributed by atoms with van der Waals surface area (Å²) in [5.74, 6) is 0.923. The van der Waals surface area contributed by atoms with Gasteiger partial charge in [0.25, 0.3) is 0 Å². The van der Waals surface area contributed by atoms with Crippen molar-refractivity contribution in [2.24, 2.45) is 5.92 Å². The van der Waals surface area contributed by atoms with Gasteiger partial charge in [-0.1, -0.05) is 68.9 Å². The fourth-order valence-electron chi connectivity index (χ4n) is 2.31. The number of nitrogens with one attached hydrogen (secondary N) is 1. The molecule has 1 heterocycles. The van der Waals surface area contributed by atoms with Crippen molar-refractivity contribution in [3.63, 3.8) is 0 Å². The van der Waals surface area contributed by atoms with Gasteiger partial charge in [-0.15, -0.1) is 10.2 Å². The number of rotatable bonds is 7. The first-order valence-electron chi connectivity index (χ1n) is 7.34. The molecule has 0 fully saturated rings. The second-order valence-corrected chi connectivity index (χ2v) is 6.18. The van der Waals surface area contributed by atoms with Crippen molar-refractivity contribution < 1.29 is 0 Å². The Morgan fingerprint density at radius 2 is 1.90 bits per heavy atom. The maximum absolute atomic E-state index is 4.44. The SMILES string of the molecule is CCNCc1nnc(C(c2ccccc2)C(C)CC)s1. The Morgan fingerprint density at radius 3 is 2.55 bits per heavy atom. The Kier molecular flexibility index (Phi) is 5.68. The van der Waals surface area contributed by atoms with Gasteiger partial charge < -0.3 is 5.32 Å². The standard InChI is InChI=1S/C16H23N3S/c1-4-12(3)15(13-9-7-6-8-10-13)16-19-18-14(20-16)11-17-5-2/h6-10,12,15,17H,4-5,11H2,1-3H3. The zero-order valence-corrected chi connectivity index (χ0v) is 13.3. The molecular formula is C16H23N3S. The van der Waals surface area contributed by atoms with E-state index in [0.29, 0.717) is 11.8 Å². The van der Waals surface area contributed by atoms with Gasteiger partial charge in [0.05, 0.1) is 0 Å². The van der Waals surface area contributed by atoms with Gasteiger partial charge in [-0.3, -0.25) is 0 Å². The van der Waals surface area contributed by atoms with Crippen LogP contribution in [-0.2, 0) is 6.54 Å². The maximum Gasteiger partial charge on any atom is 0.131 e. The third kappa shape index (κ3) is 3.64. The quantitative estimate of drug-likeness (QED) is 0.842. The summed E-state index contributed by atoms with van der Waals surface area (Å²) in [7, 11) is 0. The zero-order chi connectivity index (χ0) is 14.4. The molecule has 20 heavy (non-hydrogen) atoms. The number of hydrogen-bond donors (Lipinski definition) is 1. The first kappa shape index (κ1) is 15.1. The summed E-state index contributed by atoms with van der Waals surface area (Å²) < 4.78 is 0. The molecule has 0 spiro atoms. The topological polar surface area (TPSA) is 37.8 Å². The Labute approximate surface area is 125 Å². The van der Waals surface area contributed by atoms with E-state index in [9.17, 15) is 0 Å². The Morgan fingerprint density at radius 1 is 1.15 bits per heavy atom. The van der Waals surface area contributed by atoms with E-state index in [2.05, 4.69) is 66.6 Å². The zero-order valence-electron chi connectivity index (χ0n) is 12.5. The summed E-state index contributed by atoms with van der Waals surface area (Å²) in [6.45, 7) is 8.41. The predicted octanol–water partition coefficient (Wildman–Crippen LogP) is 3.83. The van der Waals surface area contributed by atoms with Gasteiger partial charge >= 0.3 is 0 Å². The minimum Gasteiger partial charge on any atom is -0.311 e. The fraction of sp³-hybridized carbons (Fsp3) is 0.500. The molecule has 2 unspecified atom stereocenters. The lowest BCUT2D eigenvalue weighted by molar-refractivity contribution is 0.492. The van der Waals surface area contributed by atoms with Gasteiger partial charge in [0.2, 0.25) is 0 Å². The molecule has 2 rings (SSSR count). The van der Waals surface area contributed by atoms with Crippen molar-refractivity contribution >= 4 is 11.3 Å². The summed E-state index contributed by atoms with van der Waals surface area (Å²) in [5.41, 5.74) is 1.34. The fourth-order valence-corrected chi connectivity index (χ4v) is 3.38. The largest absolute Gasteiger partial charge is 0.311 e. The molecule has 1 N–H and O–H groups in total. The van der Waals surface area contributed by atoms with E-state index in [0.717, 1.165) is 29.5 Å². The van der Waals surface area contributed by atoms with E-state index < -0.39 is 0 Å². The van der Waals surface area contributed by atoms with Gasteiger partial charge in [0.15, 0.2) is 0 Å². The first-order chi connectivity index (χ1) is 9.76. The van der Waals surface area contributed by atoms with Gasteiger partial charge in [-0.25, -0.2) is 0 Å². The van der Waals surface area contributed by atoms with Crippen molar-refractivity contribution in [1.82, 2.24) is 15.5 Å². The van der Waals surface area contributed by atoms with E-state index in [1.807, 2.05) is 0 Å². The Balaban J connectivity index is 2.25. The summed E-state index contributed by atoms with van der Waals surface area (Å²) in [4.78, 5) is 0. The van der Waals surface area contributed by atoms with Crippen LogP contribution in [-0.4, -0.2) is 16.7 Å². The van der Waals surface area contributed by atoms with Crippen LogP contribution in [0.5, 0.6) is 0 Å². The smallest absolute Gasteiger partial charge is 0.131 e. The Hall–Kier alpha value is -1.26. The van der Waals surface area contributed by atoms with Crippen LogP contribution in [0, 0.1) is 5.92 Å². The minimum absolute atomic E-state index is 0.356. The Bertz CT molecular complexity index is 509. The van der Waals surface area contributed by atoms with E-state index in [-0.39, 0.29) is 0 Å². The summed E-state index contributed by atoms with van der Waals surface area (Å²) in [6.07, 6.45) is 1.14. The number of benzene rings is 1. The normalized spacial score (nSPS) is 14.2. The van der Waals surface area contributed by atoms with Crippen molar-refractivity contribution in [3.05, 3.63) is 45.9 Å². The van der Waals surface area contributed by atoms with Gasteiger partial charge in [-0.2, -0.15) is 0 Å². The lowest BCUT2D eigenvalue weighted by Crippen LogP contribution is -2.11. The predicted molar refractivity (Wildman–Crippen MR) is 85.0 cm³/mol. The van der Waals surface area contributed by atoms with Crippen LogP contribution >= 0.6 is 11.3 Å². The van der Waals surface area contributed by atoms with Gasteiger partial charge in [-0.05, 0) is 18.0 Å². The molecule has 0 radical (unpaired) electrons. The summed E-state index contributed by atoms with van der Waals surface area (Å²) in [5, 5.41) is 14.3. The average Bonchev–Trinajstić information content (AvgIpc) is 2.94. The molecule has 0 saturated carbocycles. The second kappa shape index (κ2) is 7.50. The molecule has 108 valence electrons. The minimum atomic E-state index is 0.356. The van der Waals surface area contributed by atoms with Crippen LogP contribution < -0.4 is 5.32 Å². The van der Waals surface area contributed by atoms with Crippen LogP contribution in [0.4, 0.5) is 0 Å². The van der Waals surface area contributed by atoms with Crippen LogP contribution in [0.1, 0.15) is 48.7 Å². The molecule has 0 bridgehead atoms. The molecule has 0 aliphatic heterocycles. The monoisotopic (exact) mass is 289 g/mol. The van der Waals surface area contributed by atoms with Crippen molar-refractivity contribution in [2.45, 2.75) is 39.7 Å². The molecule has 2 atom stereocenters. The second-order valence-electron chi connectivity index (χ2n) is 5.09. The van der Waals surface area contributed by atoms with E-state index in [4.69, 9.17) is 0 Å². The van der Waals surface area contributed by atoms with Gasteiger partial charge in [0, 0.05) is 12.5 Å². The molecule has 1 aromatic heterocycles. The molecule has 0 aliphatic rings. The first-order valence-corrected chi connectivity index (χ1v) is 8.15. The molecule has 0 amide bonds. The number of aromatic nitrogens is 2. The molecule has 0 saturated heterocycles. The number of nitrogens with zero attached hydrogens (tertiary/aromatic N) is 2. The molecule has 1 aromatic carbocycles. The molecule has 2 aromatic rings. The van der Waals surface area contributed by atoms with Crippen LogP contribution in [0.15, 0.2) is 30.3 Å². The molecule has 3 nitrogen and oxygen atoms in total. The van der Waals surface area contributed by atoms with Crippen molar-refractivity contribution in [2.75, 3.05) is 6.54 Å². The maximum atomic E-state index is 4.44. The highest BCUT2D eigenvalue weighted by atomic mass is 32.1. The number of hydrogen-bond acceptors (Lipinski definition) is 4. The van der Waals surface area contributed by atoms with E-state index >= 15 is 0 Å².